The SMILES string of the molecule is CCNC(CO)CN1CCC(N2CCOCC2)C1. The van der Waals surface area contributed by atoms with Crippen molar-refractivity contribution in [3.63, 3.8) is 0 Å². The molecule has 0 saturated carbocycles. The summed E-state index contributed by atoms with van der Waals surface area (Å²) in [6.07, 6.45) is 1.25. The molecule has 0 amide bonds. The summed E-state index contributed by atoms with van der Waals surface area (Å²) in [5, 5.41) is 12.6. The number of likely N-dealkylation sites (N-methyl/N-ethyl adjacent to an activating group) is 1. The summed E-state index contributed by atoms with van der Waals surface area (Å²) < 4.78 is 5.40. The van der Waals surface area contributed by atoms with Crippen LogP contribution in [-0.2, 0) is 4.74 Å². The molecule has 0 aromatic carbocycles. The Hall–Kier alpha value is -0.200. The molecule has 2 aliphatic rings. The Bertz CT molecular complexity index is 234. The Morgan fingerprint density at radius 3 is 2.78 bits per heavy atom. The molecule has 0 spiro atoms. The Balaban J connectivity index is 1.73. The van der Waals surface area contributed by atoms with E-state index >= 15 is 0 Å². The number of ether oxygens (including phenoxy) is 1. The standard InChI is InChI=1S/C13H27N3O2/c1-2-14-12(11-17)9-15-4-3-13(10-15)16-5-7-18-8-6-16/h12-14,17H,2-11H2,1H3. The van der Waals surface area contributed by atoms with Crippen LogP contribution in [0, 0.1) is 0 Å². The van der Waals surface area contributed by atoms with Gasteiger partial charge in [-0.25, -0.2) is 0 Å². The van der Waals surface area contributed by atoms with Crippen molar-refractivity contribution in [2.75, 3.05) is 59.1 Å². The van der Waals surface area contributed by atoms with Gasteiger partial charge in [-0.3, -0.25) is 4.90 Å². The molecule has 0 bridgehead atoms. The first-order valence-corrected chi connectivity index (χ1v) is 7.22. The van der Waals surface area contributed by atoms with Gasteiger partial charge in [0, 0.05) is 38.3 Å². The zero-order valence-electron chi connectivity index (χ0n) is 11.5. The summed E-state index contributed by atoms with van der Waals surface area (Å²) in [5.41, 5.74) is 0. The number of hydrogen-bond acceptors (Lipinski definition) is 5. The van der Waals surface area contributed by atoms with Gasteiger partial charge in [0.25, 0.3) is 0 Å². The van der Waals surface area contributed by atoms with Crippen molar-refractivity contribution in [1.82, 2.24) is 15.1 Å². The molecule has 0 aliphatic carbocycles. The summed E-state index contributed by atoms with van der Waals surface area (Å²) in [4.78, 5) is 5.04. The van der Waals surface area contributed by atoms with E-state index in [4.69, 9.17) is 4.74 Å². The monoisotopic (exact) mass is 257 g/mol. The van der Waals surface area contributed by atoms with Gasteiger partial charge in [-0.1, -0.05) is 6.92 Å². The number of rotatable bonds is 6. The van der Waals surface area contributed by atoms with Gasteiger partial charge >= 0.3 is 0 Å². The van der Waals surface area contributed by atoms with Crippen molar-refractivity contribution in [3.05, 3.63) is 0 Å². The first-order chi connectivity index (χ1) is 8.83. The smallest absolute Gasteiger partial charge is 0.0597 e. The van der Waals surface area contributed by atoms with Crippen LogP contribution in [0.5, 0.6) is 0 Å². The van der Waals surface area contributed by atoms with Crippen molar-refractivity contribution in [3.8, 4) is 0 Å². The van der Waals surface area contributed by atoms with E-state index in [2.05, 4.69) is 22.0 Å². The average molecular weight is 257 g/mol. The van der Waals surface area contributed by atoms with Crippen LogP contribution in [0.3, 0.4) is 0 Å². The maximum absolute atomic E-state index is 9.32. The largest absolute Gasteiger partial charge is 0.395 e. The van der Waals surface area contributed by atoms with Crippen molar-refractivity contribution >= 4 is 0 Å². The summed E-state index contributed by atoms with van der Waals surface area (Å²) in [7, 11) is 0. The van der Waals surface area contributed by atoms with Crippen LogP contribution >= 0.6 is 0 Å². The zero-order valence-corrected chi connectivity index (χ0v) is 11.5. The van der Waals surface area contributed by atoms with E-state index in [1.165, 1.54) is 6.42 Å². The van der Waals surface area contributed by atoms with Crippen molar-refractivity contribution in [2.45, 2.75) is 25.4 Å². The number of nitrogens with zero attached hydrogens (tertiary/aromatic N) is 2. The minimum absolute atomic E-state index is 0.221. The first kappa shape index (κ1) is 14.2. The van der Waals surface area contributed by atoms with Crippen LogP contribution < -0.4 is 5.32 Å². The molecule has 5 heteroatoms. The molecule has 18 heavy (non-hydrogen) atoms. The Labute approximate surface area is 110 Å². The van der Waals surface area contributed by atoms with Gasteiger partial charge in [0.1, 0.15) is 0 Å². The van der Waals surface area contributed by atoms with Crippen LogP contribution in [0.2, 0.25) is 0 Å². The van der Waals surface area contributed by atoms with Gasteiger partial charge < -0.3 is 20.1 Å². The molecule has 2 aliphatic heterocycles. The molecule has 106 valence electrons. The molecule has 2 unspecified atom stereocenters. The van der Waals surface area contributed by atoms with Crippen LogP contribution in [0.4, 0.5) is 0 Å². The van der Waals surface area contributed by atoms with E-state index in [9.17, 15) is 5.11 Å². The van der Waals surface area contributed by atoms with Crippen LogP contribution in [0.1, 0.15) is 13.3 Å². The number of likely N-dealkylation sites (tertiary alicyclic amines) is 1. The lowest BCUT2D eigenvalue weighted by Gasteiger charge is -2.32. The first-order valence-electron chi connectivity index (χ1n) is 7.22. The maximum Gasteiger partial charge on any atom is 0.0597 e. The molecular formula is C13H27N3O2. The number of aliphatic hydroxyl groups is 1. The fraction of sp³-hybridized carbons (Fsp3) is 1.00. The lowest BCUT2D eigenvalue weighted by molar-refractivity contribution is 0.0182. The van der Waals surface area contributed by atoms with E-state index in [1.807, 2.05) is 0 Å². The maximum atomic E-state index is 9.32. The minimum atomic E-state index is 0.221. The highest BCUT2D eigenvalue weighted by atomic mass is 16.5. The molecule has 2 atom stereocenters. The number of aliphatic hydroxyl groups excluding tert-OH is 1. The molecule has 2 N–H and O–H groups in total. The van der Waals surface area contributed by atoms with Crippen molar-refractivity contribution in [1.29, 1.82) is 0 Å². The lowest BCUT2D eigenvalue weighted by atomic mass is 10.2. The van der Waals surface area contributed by atoms with Gasteiger partial charge in [-0.2, -0.15) is 0 Å². The van der Waals surface area contributed by atoms with Crippen molar-refractivity contribution in [2.24, 2.45) is 0 Å². The van der Waals surface area contributed by atoms with E-state index < -0.39 is 0 Å². The predicted octanol–water partition coefficient (Wildman–Crippen LogP) is -0.637. The van der Waals surface area contributed by atoms with E-state index in [-0.39, 0.29) is 12.6 Å². The van der Waals surface area contributed by atoms with Gasteiger partial charge in [-0.05, 0) is 19.5 Å². The number of morpholine rings is 1. The van der Waals surface area contributed by atoms with E-state index in [0.29, 0.717) is 6.04 Å². The van der Waals surface area contributed by atoms with Gasteiger partial charge in [-0.15, -0.1) is 0 Å². The fourth-order valence-corrected chi connectivity index (χ4v) is 3.01. The molecule has 2 rings (SSSR count). The second-order valence-corrected chi connectivity index (χ2v) is 5.29. The second-order valence-electron chi connectivity index (χ2n) is 5.29. The zero-order chi connectivity index (χ0) is 12.8. The molecule has 2 heterocycles. The molecule has 2 saturated heterocycles. The minimum Gasteiger partial charge on any atom is -0.395 e. The Kier molecular flexibility index (Phi) is 5.85. The van der Waals surface area contributed by atoms with Crippen LogP contribution in [-0.4, -0.2) is 86.1 Å². The Morgan fingerprint density at radius 1 is 1.33 bits per heavy atom. The third kappa shape index (κ3) is 3.90. The summed E-state index contributed by atoms with van der Waals surface area (Å²) >= 11 is 0. The number of nitrogens with one attached hydrogen (secondary N) is 1. The van der Waals surface area contributed by atoms with Crippen molar-refractivity contribution < 1.29 is 9.84 Å². The molecule has 0 radical (unpaired) electrons. The second kappa shape index (κ2) is 7.40. The molecule has 0 aromatic heterocycles. The molecule has 5 nitrogen and oxygen atoms in total. The molecule has 0 aromatic rings. The van der Waals surface area contributed by atoms with E-state index in [0.717, 1.165) is 52.5 Å². The third-order valence-electron chi connectivity index (χ3n) is 4.00. The van der Waals surface area contributed by atoms with Gasteiger partial charge in [0.15, 0.2) is 0 Å². The summed E-state index contributed by atoms with van der Waals surface area (Å²) in [5.74, 6) is 0. The quantitative estimate of drug-likeness (QED) is 0.663. The van der Waals surface area contributed by atoms with Crippen LogP contribution in [0.15, 0.2) is 0 Å². The summed E-state index contributed by atoms with van der Waals surface area (Å²) in [6.45, 7) is 10.4. The highest BCUT2D eigenvalue weighted by Crippen LogP contribution is 2.16. The average Bonchev–Trinajstić information content (AvgIpc) is 2.88. The van der Waals surface area contributed by atoms with Gasteiger partial charge in [0.2, 0.25) is 0 Å². The normalized spacial score (nSPS) is 28.7. The van der Waals surface area contributed by atoms with Gasteiger partial charge in [0.05, 0.1) is 19.8 Å². The molecule has 2 fully saturated rings. The topological polar surface area (TPSA) is 48.0 Å². The molecular weight excluding hydrogens is 230 g/mol. The highest BCUT2D eigenvalue weighted by Gasteiger charge is 2.29. The highest BCUT2D eigenvalue weighted by molar-refractivity contribution is 4.86. The summed E-state index contributed by atoms with van der Waals surface area (Å²) in [6, 6.07) is 0.910. The number of hydrogen-bond donors (Lipinski definition) is 2. The lowest BCUT2D eigenvalue weighted by Crippen LogP contribution is -2.46. The third-order valence-corrected chi connectivity index (χ3v) is 4.00. The fourth-order valence-electron chi connectivity index (χ4n) is 3.01. The predicted molar refractivity (Wildman–Crippen MR) is 71.8 cm³/mol. The van der Waals surface area contributed by atoms with Crippen LogP contribution in [0.25, 0.3) is 0 Å². The van der Waals surface area contributed by atoms with E-state index in [1.54, 1.807) is 0 Å². The Morgan fingerprint density at radius 2 is 2.11 bits per heavy atom.